The van der Waals surface area contributed by atoms with Gasteiger partial charge in [0.05, 0.1) is 5.25 Å². The van der Waals surface area contributed by atoms with Gasteiger partial charge in [-0.1, -0.05) is 19.1 Å². The standard InChI is InChI=1S/C11H18N2O2S/c1-3-10(16(2,14)15)11(13)8-5-4-6-9(12)7-8/h4-7,10-11H,3,12-13H2,1-2H3/t10-,11-/m0/s1. The molecule has 16 heavy (non-hydrogen) atoms. The van der Waals surface area contributed by atoms with Crippen LogP contribution in [0.3, 0.4) is 0 Å². The van der Waals surface area contributed by atoms with E-state index in [1.807, 2.05) is 6.92 Å². The van der Waals surface area contributed by atoms with Crippen molar-refractivity contribution in [1.82, 2.24) is 0 Å². The molecule has 0 aliphatic heterocycles. The first kappa shape index (κ1) is 13.0. The molecule has 0 fully saturated rings. The van der Waals surface area contributed by atoms with Crippen LogP contribution in [0.15, 0.2) is 24.3 Å². The summed E-state index contributed by atoms with van der Waals surface area (Å²) in [7, 11) is -3.14. The van der Waals surface area contributed by atoms with Crippen LogP contribution < -0.4 is 11.5 Å². The SMILES string of the molecule is CC[C@@H]([C@@H](N)c1cccc(N)c1)S(C)(=O)=O. The molecule has 4 N–H and O–H groups in total. The van der Waals surface area contributed by atoms with Crippen molar-refractivity contribution in [3.05, 3.63) is 29.8 Å². The van der Waals surface area contributed by atoms with Crippen LogP contribution in [0.5, 0.6) is 0 Å². The average Bonchev–Trinajstić information content (AvgIpc) is 2.16. The topological polar surface area (TPSA) is 86.2 Å². The molecule has 0 saturated heterocycles. The molecule has 0 saturated carbocycles. The van der Waals surface area contributed by atoms with Crippen molar-refractivity contribution in [3.63, 3.8) is 0 Å². The zero-order valence-electron chi connectivity index (χ0n) is 9.55. The number of nitrogen functional groups attached to an aromatic ring is 1. The Balaban J connectivity index is 3.05. The molecule has 0 heterocycles. The van der Waals surface area contributed by atoms with Crippen LogP contribution in [0.4, 0.5) is 5.69 Å². The number of anilines is 1. The summed E-state index contributed by atoms with van der Waals surface area (Å²) in [5, 5.41) is -0.561. The van der Waals surface area contributed by atoms with Crippen LogP contribution >= 0.6 is 0 Å². The summed E-state index contributed by atoms with van der Waals surface area (Å²) in [5.74, 6) is 0. The normalized spacial score (nSPS) is 15.7. The molecule has 4 nitrogen and oxygen atoms in total. The Bertz CT molecular complexity index is 457. The van der Waals surface area contributed by atoms with Crippen molar-refractivity contribution < 1.29 is 8.42 Å². The second-order valence-electron chi connectivity index (χ2n) is 3.97. The van der Waals surface area contributed by atoms with Crippen molar-refractivity contribution in [2.45, 2.75) is 24.6 Å². The Morgan fingerprint density at radius 1 is 1.38 bits per heavy atom. The van der Waals surface area contributed by atoms with Gasteiger partial charge in [0, 0.05) is 18.0 Å². The summed E-state index contributed by atoms with van der Waals surface area (Å²) >= 11 is 0. The third-order valence-electron chi connectivity index (χ3n) is 2.65. The largest absolute Gasteiger partial charge is 0.399 e. The highest BCUT2D eigenvalue weighted by Gasteiger charge is 2.26. The summed E-state index contributed by atoms with van der Waals surface area (Å²) in [4.78, 5) is 0. The molecule has 0 aliphatic rings. The van der Waals surface area contributed by atoms with Crippen LogP contribution in [0.1, 0.15) is 24.9 Å². The lowest BCUT2D eigenvalue weighted by Crippen LogP contribution is -2.32. The summed E-state index contributed by atoms with van der Waals surface area (Å²) < 4.78 is 23.1. The Morgan fingerprint density at radius 2 is 2.00 bits per heavy atom. The van der Waals surface area contributed by atoms with Gasteiger partial charge in [-0.25, -0.2) is 8.42 Å². The average molecular weight is 242 g/mol. The Labute approximate surface area is 96.6 Å². The molecule has 0 unspecified atom stereocenters. The zero-order chi connectivity index (χ0) is 12.3. The van der Waals surface area contributed by atoms with E-state index in [2.05, 4.69) is 0 Å². The second-order valence-corrected chi connectivity index (χ2v) is 6.24. The Hall–Kier alpha value is -1.07. The minimum atomic E-state index is -3.14. The van der Waals surface area contributed by atoms with Crippen molar-refractivity contribution in [1.29, 1.82) is 0 Å². The van der Waals surface area contributed by atoms with Crippen LogP contribution in [0, 0.1) is 0 Å². The predicted octanol–water partition coefficient (Wildman–Crippen LogP) is 1.09. The predicted molar refractivity (Wildman–Crippen MR) is 66.7 cm³/mol. The minimum Gasteiger partial charge on any atom is -0.399 e. The van der Waals surface area contributed by atoms with E-state index in [1.54, 1.807) is 24.3 Å². The lowest BCUT2D eigenvalue weighted by atomic mass is 10.0. The molecule has 90 valence electrons. The molecule has 1 aromatic carbocycles. The van der Waals surface area contributed by atoms with E-state index in [9.17, 15) is 8.42 Å². The molecule has 0 aromatic heterocycles. The smallest absolute Gasteiger partial charge is 0.152 e. The molecule has 1 aromatic rings. The van der Waals surface area contributed by atoms with Gasteiger partial charge < -0.3 is 11.5 Å². The van der Waals surface area contributed by atoms with Crippen LogP contribution in [0.25, 0.3) is 0 Å². The van der Waals surface area contributed by atoms with Gasteiger partial charge >= 0.3 is 0 Å². The monoisotopic (exact) mass is 242 g/mol. The van der Waals surface area contributed by atoms with Gasteiger partial charge in [-0.2, -0.15) is 0 Å². The van der Waals surface area contributed by atoms with E-state index in [1.165, 1.54) is 6.26 Å². The molecule has 1 rings (SSSR count). The van der Waals surface area contributed by atoms with Crippen molar-refractivity contribution in [2.24, 2.45) is 5.73 Å². The summed E-state index contributed by atoms with van der Waals surface area (Å²) in [6.45, 7) is 1.82. The fraction of sp³-hybridized carbons (Fsp3) is 0.455. The van der Waals surface area contributed by atoms with Crippen LogP contribution in [0.2, 0.25) is 0 Å². The molecule has 0 spiro atoms. The number of hydrogen-bond acceptors (Lipinski definition) is 4. The zero-order valence-corrected chi connectivity index (χ0v) is 10.4. The van der Waals surface area contributed by atoms with Gasteiger partial charge in [0.1, 0.15) is 0 Å². The number of sulfone groups is 1. The first-order valence-electron chi connectivity index (χ1n) is 5.16. The molecular formula is C11H18N2O2S. The minimum absolute atomic E-state index is 0.495. The molecule has 2 atom stereocenters. The fourth-order valence-corrected chi connectivity index (χ4v) is 3.10. The van der Waals surface area contributed by atoms with Gasteiger partial charge in [-0.05, 0) is 24.1 Å². The molecule has 0 radical (unpaired) electrons. The van der Waals surface area contributed by atoms with Gasteiger partial charge in [-0.15, -0.1) is 0 Å². The Kier molecular flexibility index (Phi) is 3.93. The van der Waals surface area contributed by atoms with E-state index < -0.39 is 21.1 Å². The highest BCUT2D eigenvalue weighted by atomic mass is 32.2. The van der Waals surface area contributed by atoms with E-state index in [4.69, 9.17) is 11.5 Å². The second kappa shape index (κ2) is 4.84. The van der Waals surface area contributed by atoms with Crippen molar-refractivity contribution in [3.8, 4) is 0 Å². The highest BCUT2D eigenvalue weighted by molar-refractivity contribution is 7.91. The number of rotatable bonds is 4. The fourth-order valence-electron chi connectivity index (χ4n) is 1.80. The first-order valence-corrected chi connectivity index (χ1v) is 7.11. The van der Waals surface area contributed by atoms with E-state index in [-0.39, 0.29) is 0 Å². The van der Waals surface area contributed by atoms with Crippen LogP contribution in [-0.4, -0.2) is 19.9 Å². The van der Waals surface area contributed by atoms with E-state index in [0.29, 0.717) is 12.1 Å². The van der Waals surface area contributed by atoms with Crippen LogP contribution in [-0.2, 0) is 9.84 Å². The maximum Gasteiger partial charge on any atom is 0.152 e. The first-order chi connectivity index (χ1) is 7.36. The quantitative estimate of drug-likeness (QED) is 0.774. The summed E-state index contributed by atoms with van der Waals surface area (Å²) in [6, 6.07) is 6.52. The summed E-state index contributed by atoms with van der Waals surface area (Å²) in [5.41, 5.74) is 13.0. The maximum atomic E-state index is 11.6. The maximum absolute atomic E-state index is 11.6. The molecule has 5 heteroatoms. The summed E-state index contributed by atoms with van der Waals surface area (Å²) in [6.07, 6.45) is 1.71. The number of hydrogen-bond donors (Lipinski definition) is 2. The Morgan fingerprint density at radius 3 is 2.44 bits per heavy atom. The van der Waals surface area contributed by atoms with Gasteiger partial charge in [0.25, 0.3) is 0 Å². The number of benzene rings is 1. The van der Waals surface area contributed by atoms with Gasteiger partial charge in [-0.3, -0.25) is 0 Å². The molecular weight excluding hydrogens is 224 g/mol. The lowest BCUT2D eigenvalue weighted by Gasteiger charge is -2.21. The molecule has 0 bridgehead atoms. The highest BCUT2D eigenvalue weighted by Crippen LogP contribution is 2.23. The third kappa shape index (κ3) is 2.96. The van der Waals surface area contributed by atoms with Crippen molar-refractivity contribution >= 4 is 15.5 Å². The number of nitrogens with two attached hydrogens (primary N) is 2. The van der Waals surface area contributed by atoms with Gasteiger partial charge in [0.2, 0.25) is 0 Å². The molecule has 0 amide bonds. The van der Waals surface area contributed by atoms with Gasteiger partial charge in [0.15, 0.2) is 9.84 Å². The molecule has 0 aliphatic carbocycles. The van der Waals surface area contributed by atoms with Crippen molar-refractivity contribution in [2.75, 3.05) is 12.0 Å². The lowest BCUT2D eigenvalue weighted by molar-refractivity contribution is 0.553. The van der Waals surface area contributed by atoms with E-state index >= 15 is 0 Å². The third-order valence-corrected chi connectivity index (χ3v) is 4.37. The van der Waals surface area contributed by atoms with E-state index in [0.717, 1.165) is 5.56 Å².